The monoisotopic (exact) mass is 426 g/mol. The molecule has 7 nitrogen and oxygen atoms in total. The van der Waals surface area contributed by atoms with Crippen LogP contribution in [0.4, 0.5) is 0 Å². The minimum absolute atomic E-state index is 0.160. The number of nitrogens with one attached hydrogen (secondary N) is 1. The number of benzene rings is 1. The first-order valence-electron chi connectivity index (χ1n) is 9.88. The van der Waals surface area contributed by atoms with Crippen molar-refractivity contribution in [3.63, 3.8) is 0 Å². The fourth-order valence-electron chi connectivity index (χ4n) is 3.75. The van der Waals surface area contributed by atoms with Gasteiger partial charge in [0.05, 0.1) is 23.6 Å². The van der Waals surface area contributed by atoms with Gasteiger partial charge in [-0.05, 0) is 55.0 Å². The van der Waals surface area contributed by atoms with Gasteiger partial charge in [-0.15, -0.1) is 11.3 Å². The van der Waals surface area contributed by atoms with Gasteiger partial charge >= 0.3 is 11.9 Å². The van der Waals surface area contributed by atoms with Crippen molar-refractivity contribution in [2.75, 3.05) is 7.11 Å². The van der Waals surface area contributed by atoms with E-state index in [9.17, 15) is 14.4 Å². The van der Waals surface area contributed by atoms with E-state index in [4.69, 9.17) is 9.47 Å². The second-order valence-electron chi connectivity index (χ2n) is 7.39. The number of H-pyrrole nitrogens is 1. The maximum atomic E-state index is 12.5. The molecule has 1 aliphatic carbocycles. The second-order valence-corrected chi connectivity index (χ2v) is 8.53. The fourth-order valence-corrected chi connectivity index (χ4v) is 4.86. The molecule has 4 rings (SSSR count). The third kappa shape index (κ3) is 4.00. The number of aryl methyl sites for hydroxylation is 1. The topological polar surface area (TPSA) is 98.3 Å². The fraction of sp³-hybridized carbons (Fsp3) is 0.364. The molecule has 1 atom stereocenters. The number of carbonyl (C=O) groups excluding carboxylic acids is 2. The van der Waals surface area contributed by atoms with E-state index < -0.39 is 11.9 Å². The van der Waals surface area contributed by atoms with E-state index in [-0.39, 0.29) is 18.0 Å². The highest BCUT2D eigenvalue weighted by Gasteiger charge is 2.23. The summed E-state index contributed by atoms with van der Waals surface area (Å²) in [5, 5.41) is 0.342. The molecular weight excluding hydrogens is 404 g/mol. The summed E-state index contributed by atoms with van der Waals surface area (Å²) in [6.07, 6.45) is 4.33. The van der Waals surface area contributed by atoms with Gasteiger partial charge in [-0.2, -0.15) is 0 Å². The summed E-state index contributed by atoms with van der Waals surface area (Å²) >= 11 is 1.49. The first-order valence-corrected chi connectivity index (χ1v) is 10.7. The minimum atomic E-state index is -0.515. The summed E-state index contributed by atoms with van der Waals surface area (Å²) in [6, 6.07) is 6.44. The molecule has 156 valence electrons. The zero-order chi connectivity index (χ0) is 21.3. The molecule has 0 spiro atoms. The van der Waals surface area contributed by atoms with E-state index in [2.05, 4.69) is 16.9 Å². The number of nitrogens with zero attached hydrogens (tertiary/aromatic N) is 1. The van der Waals surface area contributed by atoms with Crippen LogP contribution in [0.3, 0.4) is 0 Å². The van der Waals surface area contributed by atoms with Gasteiger partial charge in [0.2, 0.25) is 0 Å². The molecule has 3 aromatic rings. The summed E-state index contributed by atoms with van der Waals surface area (Å²) in [4.78, 5) is 45.3. The lowest BCUT2D eigenvalue weighted by atomic mass is 9.87. The molecule has 2 aromatic heterocycles. The average Bonchev–Trinajstić information content (AvgIpc) is 3.19. The Labute approximate surface area is 177 Å². The van der Waals surface area contributed by atoms with Crippen LogP contribution in [0.2, 0.25) is 0 Å². The molecule has 0 unspecified atom stereocenters. The molecule has 1 aromatic carbocycles. The van der Waals surface area contributed by atoms with Gasteiger partial charge < -0.3 is 14.5 Å². The van der Waals surface area contributed by atoms with Gasteiger partial charge in [0.15, 0.2) is 0 Å². The highest BCUT2D eigenvalue weighted by atomic mass is 32.1. The van der Waals surface area contributed by atoms with Crippen LogP contribution >= 0.6 is 11.3 Å². The van der Waals surface area contributed by atoms with Crippen molar-refractivity contribution in [3.8, 4) is 0 Å². The van der Waals surface area contributed by atoms with Gasteiger partial charge in [0.25, 0.3) is 5.56 Å². The predicted molar refractivity (Wildman–Crippen MR) is 113 cm³/mol. The molecule has 2 heterocycles. The standard InChI is InChI=1S/C22H22N2O5S/c1-3-12-4-7-17-14(8-12)10-18(30-17)22(27)29-11-19-23-16-9-13(21(26)28-2)5-6-15(16)20(25)24-19/h5-6,9-10,12H,3-4,7-8,11H2,1-2H3,(H,23,24,25)/t12-/m1/s1. The highest BCUT2D eigenvalue weighted by molar-refractivity contribution is 7.14. The Balaban J connectivity index is 1.50. The van der Waals surface area contributed by atoms with Crippen LogP contribution in [0.25, 0.3) is 10.9 Å². The van der Waals surface area contributed by atoms with Crippen molar-refractivity contribution in [2.24, 2.45) is 5.92 Å². The number of hydrogen-bond donors (Lipinski definition) is 1. The molecule has 0 fully saturated rings. The van der Waals surface area contributed by atoms with Crippen LogP contribution < -0.4 is 5.56 Å². The smallest absolute Gasteiger partial charge is 0.348 e. The third-order valence-electron chi connectivity index (χ3n) is 5.48. The van der Waals surface area contributed by atoms with Crippen LogP contribution in [0, 0.1) is 5.92 Å². The molecule has 0 amide bonds. The lowest BCUT2D eigenvalue weighted by Gasteiger charge is -2.19. The number of rotatable bonds is 5. The normalized spacial score (nSPS) is 15.6. The van der Waals surface area contributed by atoms with Crippen molar-refractivity contribution in [1.82, 2.24) is 9.97 Å². The molecule has 0 saturated heterocycles. The van der Waals surface area contributed by atoms with Gasteiger partial charge in [-0.1, -0.05) is 13.3 Å². The molecule has 0 bridgehead atoms. The number of hydrogen-bond acceptors (Lipinski definition) is 7. The number of aromatic nitrogens is 2. The van der Waals surface area contributed by atoms with E-state index in [1.807, 2.05) is 6.07 Å². The summed E-state index contributed by atoms with van der Waals surface area (Å²) in [6.45, 7) is 2.04. The number of thiophene rings is 1. The zero-order valence-electron chi connectivity index (χ0n) is 16.8. The Kier molecular flexibility index (Phi) is 5.67. The molecule has 0 saturated carbocycles. The van der Waals surface area contributed by atoms with E-state index in [1.54, 1.807) is 0 Å². The quantitative estimate of drug-likeness (QED) is 0.626. The maximum absolute atomic E-state index is 12.5. The van der Waals surface area contributed by atoms with Crippen molar-refractivity contribution in [3.05, 3.63) is 61.3 Å². The molecule has 1 aliphatic rings. The number of aromatic amines is 1. The maximum Gasteiger partial charge on any atom is 0.348 e. The first-order chi connectivity index (χ1) is 14.5. The molecule has 0 aliphatic heterocycles. The average molecular weight is 426 g/mol. The van der Waals surface area contributed by atoms with E-state index >= 15 is 0 Å². The van der Waals surface area contributed by atoms with E-state index in [0.29, 0.717) is 27.3 Å². The molecular formula is C22H22N2O5S. The molecule has 0 radical (unpaired) electrons. The van der Waals surface area contributed by atoms with Crippen LogP contribution in [0.5, 0.6) is 0 Å². The zero-order valence-corrected chi connectivity index (χ0v) is 17.6. The largest absolute Gasteiger partial charge is 0.465 e. The Morgan fingerprint density at radius 2 is 2.10 bits per heavy atom. The number of ether oxygens (including phenoxy) is 2. The van der Waals surface area contributed by atoms with Crippen LogP contribution in [-0.4, -0.2) is 29.0 Å². The predicted octanol–water partition coefficient (Wildman–Crippen LogP) is 3.64. The lowest BCUT2D eigenvalue weighted by molar-refractivity contribution is 0.0467. The molecule has 8 heteroatoms. The van der Waals surface area contributed by atoms with Gasteiger partial charge in [-0.3, -0.25) is 4.79 Å². The Morgan fingerprint density at radius 1 is 1.27 bits per heavy atom. The summed E-state index contributed by atoms with van der Waals surface area (Å²) in [7, 11) is 1.29. The van der Waals surface area contributed by atoms with E-state index in [1.165, 1.54) is 47.1 Å². The Bertz CT molecular complexity index is 1180. The van der Waals surface area contributed by atoms with Gasteiger partial charge in [0, 0.05) is 4.88 Å². The summed E-state index contributed by atoms with van der Waals surface area (Å²) < 4.78 is 10.1. The van der Waals surface area contributed by atoms with Crippen LogP contribution in [-0.2, 0) is 28.9 Å². The number of methoxy groups -OCH3 is 1. The van der Waals surface area contributed by atoms with Crippen molar-refractivity contribution < 1.29 is 19.1 Å². The number of esters is 2. The lowest BCUT2D eigenvalue weighted by Crippen LogP contribution is -2.15. The number of fused-ring (bicyclic) bond motifs is 2. The number of carbonyl (C=O) groups is 2. The van der Waals surface area contributed by atoms with Gasteiger partial charge in [-0.25, -0.2) is 14.6 Å². The minimum Gasteiger partial charge on any atom is -0.465 e. The SMILES string of the molecule is CC[C@@H]1CCc2sc(C(=O)OCc3nc4cc(C(=O)OC)ccc4c(=O)[nH]3)cc2C1. The second kappa shape index (κ2) is 8.39. The van der Waals surface area contributed by atoms with Crippen molar-refractivity contribution >= 4 is 34.2 Å². The Hall–Kier alpha value is -3.00. The van der Waals surface area contributed by atoms with Crippen molar-refractivity contribution in [2.45, 2.75) is 39.2 Å². The van der Waals surface area contributed by atoms with Gasteiger partial charge in [0.1, 0.15) is 17.3 Å². The van der Waals surface area contributed by atoms with Crippen LogP contribution in [0.15, 0.2) is 29.1 Å². The Morgan fingerprint density at radius 3 is 2.87 bits per heavy atom. The summed E-state index contributed by atoms with van der Waals surface area (Å²) in [5.41, 5.74) is 1.52. The summed E-state index contributed by atoms with van der Waals surface area (Å²) in [5.74, 6) is -0.0413. The van der Waals surface area contributed by atoms with Crippen LogP contribution in [0.1, 0.15) is 56.1 Å². The third-order valence-corrected chi connectivity index (χ3v) is 6.70. The first kappa shape index (κ1) is 20.3. The highest BCUT2D eigenvalue weighted by Crippen LogP contribution is 2.33. The molecule has 30 heavy (non-hydrogen) atoms. The van der Waals surface area contributed by atoms with E-state index in [0.717, 1.165) is 25.7 Å². The van der Waals surface area contributed by atoms with Crippen molar-refractivity contribution in [1.29, 1.82) is 0 Å². The molecule has 1 N–H and O–H groups in total.